The van der Waals surface area contributed by atoms with Gasteiger partial charge in [-0.15, -0.1) is 0 Å². The maximum Gasteiger partial charge on any atom is 0.221 e. The van der Waals surface area contributed by atoms with E-state index in [1.165, 1.54) is 13.2 Å². The van der Waals surface area contributed by atoms with Crippen LogP contribution in [-0.2, 0) is 11.3 Å². The number of carbonyl (C=O) groups is 1. The zero-order valence-electron chi connectivity index (χ0n) is 24.2. The second kappa shape index (κ2) is 13.1. The van der Waals surface area contributed by atoms with Gasteiger partial charge in [0.25, 0.3) is 0 Å². The van der Waals surface area contributed by atoms with Gasteiger partial charge in [-0.25, -0.2) is 9.37 Å². The van der Waals surface area contributed by atoms with Crippen molar-refractivity contribution in [2.75, 3.05) is 19.0 Å². The van der Waals surface area contributed by atoms with Gasteiger partial charge in [0.1, 0.15) is 17.3 Å². The van der Waals surface area contributed by atoms with E-state index in [-0.39, 0.29) is 18.5 Å². The first-order valence-corrected chi connectivity index (χ1v) is 14.2. The smallest absolute Gasteiger partial charge is 0.221 e. The van der Waals surface area contributed by atoms with Gasteiger partial charge >= 0.3 is 0 Å². The van der Waals surface area contributed by atoms with Gasteiger partial charge in [-0.2, -0.15) is 0 Å². The van der Waals surface area contributed by atoms with Crippen molar-refractivity contribution >= 4 is 53.3 Å². The van der Waals surface area contributed by atoms with Crippen molar-refractivity contribution in [1.82, 2.24) is 15.6 Å². The zero-order chi connectivity index (χ0) is 30.5. The van der Waals surface area contributed by atoms with Crippen molar-refractivity contribution < 1.29 is 13.9 Å². The minimum absolute atomic E-state index is 0.0162. The Morgan fingerprint density at radius 3 is 2.67 bits per heavy atom. The number of aliphatic imine (C=N–C) groups is 2. The Morgan fingerprint density at radius 1 is 1.19 bits per heavy atom. The van der Waals surface area contributed by atoms with Crippen molar-refractivity contribution in [3.8, 4) is 28.0 Å². The van der Waals surface area contributed by atoms with Crippen LogP contribution in [0.2, 0.25) is 5.02 Å². The molecule has 1 amide bonds. The van der Waals surface area contributed by atoms with Gasteiger partial charge in [0, 0.05) is 60.3 Å². The Bertz CT molecular complexity index is 1720. The highest BCUT2D eigenvalue weighted by atomic mass is 35.5. The van der Waals surface area contributed by atoms with E-state index in [0.717, 1.165) is 22.4 Å². The zero-order valence-corrected chi connectivity index (χ0v) is 24.9. The van der Waals surface area contributed by atoms with Gasteiger partial charge in [0.15, 0.2) is 5.82 Å². The quantitative estimate of drug-likeness (QED) is 0.166. The summed E-state index contributed by atoms with van der Waals surface area (Å²) >= 11 is 7.03. The fourth-order valence-electron chi connectivity index (χ4n) is 5.20. The van der Waals surface area contributed by atoms with E-state index in [1.54, 1.807) is 24.5 Å². The summed E-state index contributed by atoms with van der Waals surface area (Å²) in [5, 5.41) is 9.87. The first kappa shape index (κ1) is 29.9. The van der Waals surface area contributed by atoms with Crippen LogP contribution >= 0.6 is 11.6 Å². The van der Waals surface area contributed by atoms with Crippen molar-refractivity contribution in [1.29, 1.82) is 0 Å². The molecular formula is C33H32ClFN6O2. The molecule has 0 radical (unpaired) electrons. The number of ether oxygens (including phenoxy) is 1. The number of nitrogens with one attached hydrogen (secondary N) is 3. The van der Waals surface area contributed by atoms with Gasteiger partial charge in [0.05, 0.1) is 17.8 Å². The fraction of sp³-hybridized carbons (Fsp3) is 0.212. The van der Waals surface area contributed by atoms with Crippen LogP contribution in [0.3, 0.4) is 0 Å². The van der Waals surface area contributed by atoms with Gasteiger partial charge in [-0.1, -0.05) is 41.9 Å². The van der Waals surface area contributed by atoms with E-state index >= 15 is 4.39 Å². The predicted octanol–water partition coefficient (Wildman–Crippen LogP) is 7.30. The van der Waals surface area contributed by atoms with Crippen LogP contribution in [0.5, 0.6) is 5.75 Å². The molecule has 3 N–H and O–H groups in total. The van der Waals surface area contributed by atoms with E-state index in [0.29, 0.717) is 57.6 Å². The Labute approximate surface area is 255 Å². The molecule has 0 saturated carbocycles. The number of rotatable bonds is 10. The first-order valence-electron chi connectivity index (χ1n) is 13.8. The first-order chi connectivity index (χ1) is 20.8. The molecule has 2 heterocycles. The Hall–Kier alpha value is -4.60. The fourth-order valence-corrected chi connectivity index (χ4v) is 5.54. The molecule has 1 aliphatic heterocycles. The minimum atomic E-state index is -0.420. The third kappa shape index (κ3) is 6.28. The molecule has 1 aromatic heterocycles. The lowest BCUT2D eigenvalue weighted by Gasteiger charge is -2.18. The molecular weight excluding hydrogens is 567 g/mol. The molecule has 220 valence electrons. The highest BCUT2D eigenvalue weighted by Crippen LogP contribution is 2.42. The normalized spacial score (nSPS) is 14.6. The van der Waals surface area contributed by atoms with Crippen molar-refractivity contribution in [3.63, 3.8) is 0 Å². The molecule has 1 saturated heterocycles. The van der Waals surface area contributed by atoms with E-state index in [4.69, 9.17) is 16.3 Å². The number of aromatic nitrogens is 1. The van der Waals surface area contributed by atoms with Gasteiger partial charge in [-0.05, 0) is 61.5 Å². The highest BCUT2D eigenvalue weighted by Gasteiger charge is 2.23. The Morgan fingerprint density at radius 2 is 1.95 bits per heavy atom. The molecule has 1 aliphatic rings. The number of benzene rings is 3. The second-order valence-corrected chi connectivity index (χ2v) is 10.4. The standard InChI is InChI=1S/C33H32ClFN6O2/c1-5-37-28-12-13-38-33(32(28)36-3)41-27-11-7-8-22(19(27)2)24-10-6-9-23(31(24)34)20-14-26(35)25(29(15-20)43-4)18-39-21-16-30(42)40-17-21/h5-15,21,39H,3,16-18H2,1-2,4H3,(H,38,41)(H,40,42)/t21-/m0/s1. The van der Waals surface area contributed by atoms with E-state index in [1.807, 2.05) is 50.2 Å². The van der Waals surface area contributed by atoms with E-state index < -0.39 is 5.82 Å². The van der Waals surface area contributed by atoms with Gasteiger partial charge < -0.3 is 20.7 Å². The van der Waals surface area contributed by atoms with Crippen LogP contribution in [0.25, 0.3) is 22.3 Å². The lowest BCUT2D eigenvalue weighted by molar-refractivity contribution is -0.119. The average Bonchev–Trinajstić information content (AvgIpc) is 3.42. The molecule has 1 fully saturated rings. The van der Waals surface area contributed by atoms with Crippen molar-refractivity contribution in [2.45, 2.75) is 32.9 Å². The average molecular weight is 599 g/mol. The largest absolute Gasteiger partial charge is 0.496 e. The topological polar surface area (TPSA) is 100 Å². The SMILES string of the molecule is C=Nc1c(N=CC)ccnc1Nc1cccc(-c2cccc(-c3cc(F)c(CN[C@@H]4CNC(=O)C4)c(OC)c3)c2Cl)c1C. The summed E-state index contributed by atoms with van der Waals surface area (Å²) < 4.78 is 21.0. The Kier molecular flexibility index (Phi) is 9.13. The third-order valence-electron chi connectivity index (χ3n) is 7.44. The number of amides is 1. The summed E-state index contributed by atoms with van der Waals surface area (Å²) in [6.45, 7) is 8.27. The van der Waals surface area contributed by atoms with Crippen LogP contribution in [0, 0.1) is 12.7 Å². The molecule has 1 atom stereocenters. The predicted molar refractivity (Wildman–Crippen MR) is 172 cm³/mol. The second-order valence-electron chi connectivity index (χ2n) is 10.1. The maximum absolute atomic E-state index is 15.5. The molecule has 5 rings (SSSR count). The lowest BCUT2D eigenvalue weighted by atomic mass is 9.94. The summed E-state index contributed by atoms with van der Waals surface area (Å²) in [5.41, 5.74) is 6.32. The number of methoxy groups -OCH3 is 1. The molecule has 3 aromatic carbocycles. The van der Waals surface area contributed by atoms with Gasteiger partial charge in [-0.3, -0.25) is 14.8 Å². The molecule has 4 aromatic rings. The summed E-state index contributed by atoms with van der Waals surface area (Å²) in [6.07, 6.45) is 3.72. The summed E-state index contributed by atoms with van der Waals surface area (Å²) in [6, 6.07) is 16.5. The van der Waals surface area contributed by atoms with Crippen LogP contribution < -0.4 is 20.7 Å². The van der Waals surface area contributed by atoms with Crippen molar-refractivity contribution in [3.05, 3.63) is 82.8 Å². The monoisotopic (exact) mass is 598 g/mol. The number of halogens is 2. The number of carbonyl (C=O) groups excluding carboxylic acids is 1. The minimum Gasteiger partial charge on any atom is -0.496 e. The molecule has 43 heavy (non-hydrogen) atoms. The molecule has 10 heteroatoms. The van der Waals surface area contributed by atoms with E-state index in [2.05, 4.69) is 37.6 Å². The molecule has 0 unspecified atom stereocenters. The molecule has 0 aliphatic carbocycles. The lowest BCUT2D eigenvalue weighted by Crippen LogP contribution is -2.30. The maximum atomic E-state index is 15.5. The number of hydrogen-bond acceptors (Lipinski definition) is 7. The van der Waals surface area contributed by atoms with E-state index in [9.17, 15) is 4.79 Å². The van der Waals surface area contributed by atoms with Crippen LogP contribution in [0.1, 0.15) is 24.5 Å². The Balaban J connectivity index is 1.47. The third-order valence-corrected chi connectivity index (χ3v) is 7.84. The number of nitrogens with zero attached hydrogens (tertiary/aromatic N) is 3. The van der Waals surface area contributed by atoms with Crippen molar-refractivity contribution in [2.24, 2.45) is 9.98 Å². The summed E-state index contributed by atoms with van der Waals surface area (Å²) in [4.78, 5) is 24.5. The molecule has 8 nitrogen and oxygen atoms in total. The number of pyridine rings is 1. The molecule has 0 bridgehead atoms. The van der Waals surface area contributed by atoms with Crippen LogP contribution in [-0.4, -0.2) is 43.5 Å². The number of anilines is 2. The summed E-state index contributed by atoms with van der Waals surface area (Å²) in [7, 11) is 1.51. The summed E-state index contributed by atoms with van der Waals surface area (Å²) in [5.74, 6) is 0.498. The van der Waals surface area contributed by atoms with Gasteiger partial charge in [0.2, 0.25) is 5.91 Å². The number of hydrogen-bond donors (Lipinski definition) is 3. The van der Waals surface area contributed by atoms with Crippen LogP contribution in [0.15, 0.2) is 70.8 Å². The highest BCUT2D eigenvalue weighted by molar-refractivity contribution is 6.36. The molecule has 0 spiro atoms. The van der Waals surface area contributed by atoms with Crippen LogP contribution in [0.4, 0.5) is 27.3 Å².